The van der Waals surface area contributed by atoms with E-state index in [1.54, 1.807) is 12.1 Å². The molecular formula is C25H19NO9. The van der Waals surface area contributed by atoms with Crippen molar-refractivity contribution in [3.05, 3.63) is 87.2 Å². The van der Waals surface area contributed by atoms with Gasteiger partial charge in [0.05, 0.1) is 37.4 Å². The summed E-state index contributed by atoms with van der Waals surface area (Å²) < 4.78 is 27.0. The Hall–Kier alpha value is -4.86. The second kappa shape index (κ2) is 9.56. The van der Waals surface area contributed by atoms with Crippen LogP contribution in [0.4, 0.5) is 5.69 Å². The zero-order valence-corrected chi connectivity index (χ0v) is 18.9. The van der Waals surface area contributed by atoms with Gasteiger partial charge < -0.3 is 23.7 Å². The number of nitro benzene ring substituents is 1. The lowest BCUT2D eigenvalue weighted by Gasteiger charge is -2.13. The summed E-state index contributed by atoms with van der Waals surface area (Å²) in [7, 11) is 4.46. The lowest BCUT2D eigenvalue weighted by atomic mass is 10.1. The first-order valence-electron chi connectivity index (χ1n) is 10.2. The van der Waals surface area contributed by atoms with Gasteiger partial charge in [0.2, 0.25) is 11.5 Å². The SMILES string of the molecule is COc1cc(/C=C2\Oc3cc(OC(=O)c4cccc([N+](=O)[O-])c4)ccc3C2=O)cc(OC)c1OC. The molecule has 0 fully saturated rings. The molecule has 1 heterocycles. The lowest BCUT2D eigenvalue weighted by Crippen LogP contribution is -2.08. The standard InChI is InChI=1S/C25H19NO9/c1-31-21-10-14(11-22(32-2)24(21)33-3)9-20-23(27)18-8-7-17(13-19(18)35-20)34-25(28)15-5-4-6-16(12-15)26(29)30/h4-13H,1-3H3/b20-9-. The van der Waals surface area contributed by atoms with E-state index >= 15 is 0 Å². The molecule has 3 aromatic carbocycles. The highest BCUT2D eigenvalue weighted by atomic mass is 16.6. The molecule has 0 saturated carbocycles. The quantitative estimate of drug-likeness (QED) is 0.160. The number of Topliss-reactive ketones (excluding diaryl/α,β-unsaturated/α-hetero) is 1. The molecule has 0 bridgehead atoms. The van der Waals surface area contributed by atoms with E-state index in [1.807, 2.05) is 0 Å². The van der Waals surface area contributed by atoms with Crippen molar-refractivity contribution in [1.29, 1.82) is 0 Å². The van der Waals surface area contributed by atoms with Gasteiger partial charge in [-0.1, -0.05) is 6.07 Å². The van der Waals surface area contributed by atoms with Crippen molar-refractivity contribution in [2.75, 3.05) is 21.3 Å². The molecule has 0 amide bonds. The van der Waals surface area contributed by atoms with E-state index in [-0.39, 0.29) is 34.3 Å². The first-order valence-corrected chi connectivity index (χ1v) is 10.2. The predicted octanol–water partition coefficient (Wildman–Crippen LogP) is 4.46. The zero-order chi connectivity index (χ0) is 25.1. The van der Waals surface area contributed by atoms with Crippen LogP contribution in [0.2, 0.25) is 0 Å². The van der Waals surface area contributed by atoms with Crippen LogP contribution in [-0.4, -0.2) is 38.0 Å². The van der Waals surface area contributed by atoms with E-state index in [4.69, 9.17) is 23.7 Å². The van der Waals surface area contributed by atoms with Gasteiger partial charge in [0.15, 0.2) is 17.3 Å². The maximum atomic E-state index is 12.8. The van der Waals surface area contributed by atoms with Crippen LogP contribution < -0.4 is 23.7 Å². The number of non-ortho nitro benzene ring substituents is 1. The number of ketones is 1. The van der Waals surface area contributed by atoms with Gasteiger partial charge in [-0.25, -0.2) is 4.79 Å². The van der Waals surface area contributed by atoms with E-state index in [1.165, 1.54) is 63.8 Å². The normalized spacial score (nSPS) is 13.1. The average Bonchev–Trinajstić information content (AvgIpc) is 3.17. The first kappa shape index (κ1) is 23.3. The van der Waals surface area contributed by atoms with Crippen LogP contribution >= 0.6 is 0 Å². The second-order valence-electron chi connectivity index (χ2n) is 7.25. The molecular weight excluding hydrogens is 458 g/mol. The minimum Gasteiger partial charge on any atom is -0.493 e. The number of nitro groups is 1. The molecule has 3 aromatic rings. The summed E-state index contributed by atoms with van der Waals surface area (Å²) in [5.41, 5.74) is 0.649. The highest BCUT2D eigenvalue weighted by Gasteiger charge is 2.28. The third-order valence-electron chi connectivity index (χ3n) is 5.13. The number of rotatable bonds is 7. The molecule has 1 aliphatic heterocycles. The second-order valence-corrected chi connectivity index (χ2v) is 7.25. The van der Waals surface area contributed by atoms with Gasteiger partial charge in [0, 0.05) is 18.2 Å². The number of carbonyl (C=O) groups excluding carboxylic acids is 2. The average molecular weight is 477 g/mol. The maximum Gasteiger partial charge on any atom is 0.343 e. The van der Waals surface area contributed by atoms with Crippen LogP contribution in [-0.2, 0) is 0 Å². The Morgan fingerprint density at radius 3 is 2.31 bits per heavy atom. The first-order chi connectivity index (χ1) is 16.8. The summed E-state index contributed by atoms with van der Waals surface area (Å²) in [5, 5.41) is 10.9. The van der Waals surface area contributed by atoms with Gasteiger partial charge >= 0.3 is 5.97 Å². The summed E-state index contributed by atoms with van der Waals surface area (Å²) in [4.78, 5) is 35.6. The summed E-state index contributed by atoms with van der Waals surface area (Å²) in [6.07, 6.45) is 1.53. The molecule has 0 saturated heterocycles. The Kier molecular flexibility index (Phi) is 6.36. The molecule has 35 heavy (non-hydrogen) atoms. The molecule has 0 unspecified atom stereocenters. The molecule has 0 radical (unpaired) electrons. The van der Waals surface area contributed by atoms with Crippen LogP contribution in [0.5, 0.6) is 28.7 Å². The predicted molar refractivity (Wildman–Crippen MR) is 124 cm³/mol. The van der Waals surface area contributed by atoms with Crippen LogP contribution in [0, 0.1) is 10.1 Å². The number of esters is 1. The summed E-state index contributed by atoms with van der Waals surface area (Å²) in [6.45, 7) is 0. The Morgan fingerprint density at radius 1 is 0.971 bits per heavy atom. The highest BCUT2D eigenvalue weighted by Crippen LogP contribution is 2.40. The van der Waals surface area contributed by atoms with Gasteiger partial charge in [-0.05, 0) is 42.0 Å². The molecule has 4 rings (SSSR count). The maximum absolute atomic E-state index is 12.8. The molecule has 0 atom stereocenters. The van der Waals surface area contributed by atoms with E-state index in [9.17, 15) is 19.7 Å². The van der Waals surface area contributed by atoms with E-state index in [0.717, 1.165) is 6.07 Å². The number of nitrogens with zero attached hydrogens (tertiary/aromatic N) is 1. The van der Waals surface area contributed by atoms with E-state index in [0.29, 0.717) is 28.4 Å². The van der Waals surface area contributed by atoms with Gasteiger partial charge in [-0.15, -0.1) is 0 Å². The van der Waals surface area contributed by atoms with Gasteiger partial charge in [-0.2, -0.15) is 0 Å². The van der Waals surface area contributed by atoms with Crippen molar-refractivity contribution in [3.8, 4) is 28.7 Å². The molecule has 0 N–H and O–H groups in total. The Labute approximate surface area is 199 Å². The topological polar surface area (TPSA) is 123 Å². The fourth-order valence-corrected chi connectivity index (χ4v) is 3.48. The molecule has 0 aliphatic carbocycles. The number of hydrogen-bond donors (Lipinski definition) is 0. The minimum atomic E-state index is -0.786. The zero-order valence-electron chi connectivity index (χ0n) is 18.9. The number of hydrogen-bond acceptors (Lipinski definition) is 9. The van der Waals surface area contributed by atoms with Crippen molar-refractivity contribution in [2.24, 2.45) is 0 Å². The number of fused-ring (bicyclic) bond motifs is 1. The van der Waals surface area contributed by atoms with Gasteiger partial charge in [-0.3, -0.25) is 14.9 Å². The number of allylic oxidation sites excluding steroid dienone is 1. The molecule has 178 valence electrons. The fraction of sp³-hybridized carbons (Fsp3) is 0.120. The van der Waals surface area contributed by atoms with Crippen LogP contribution in [0.3, 0.4) is 0 Å². The number of carbonyl (C=O) groups is 2. The monoisotopic (exact) mass is 477 g/mol. The lowest BCUT2D eigenvalue weighted by molar-refractivity contribution is -0.384. The van der Waals surface area contributed by atoms with Gasteiger partial charge in [0.25, 0.3) is 5.69 Å². The van der Waals surface area contributed by atoms with Crippen LogP contribution in [0.25, 0.3) is 6.08 Å². The number of benzene rings is 3. The Balaban J connectivity index is 1.58. The van der Waals surface area contributed by atoms with Crippen molar-refractivity contribution in [3.63, 3.8) is 0 Å². The highest BCUT2D eigenvalue weighted by molar-refractivity contribution is 6.14. The third kappa shape index (κ3) is 4.62. The molecule has 10 nitrogen and oxygen atoms in total. The summed E-state index contributed by atoms with van der Waals surface area (Å²) in [5.74, 6) is 0.469. The molecule has 0 aromatic heterocycles. The Bertz CT molecular complexity index is 1350. The van der Waals surface area contributed by atoms with Crippen molar-refractivity contribution < 1.29 is 38.2 Å². The molecule has 1 aliphatic rings. The smallest absolute Gasteiger partial charge is 0.343 e. The number of ether oxygens (including phenoxy) is 5. The third-order valence-corrected chi connectivity index (χ3v) is 5.13. The number of methoxy groups -OCH3 is 3. The fourth-order valence-electron chi connectivity index (χ4n) is 3.48. The largest absolute Gasteiger partial charge is 0.493 e. The van der Waals surface area contributed by atoms with Crippen LogP contribution in [0.15, 0.2) is 60.4 Å². The van der Waals surface area contributed by atoms with E-state index < -0.39 is 10.9 Å². The summed E-state index contributed by atoms with van der Waals surface area (Å²) >= 11 is 0. The van der Waals surface area contributed by atoms with E-state index in [2.05, 4.69) is 0 Å². The minimum absolute atomic E-state index is 0.0136. The molecule has 10 heteroatoms. The van der Waals surface area contributed by atoms with Crippen LogP contribution in [0.1, 0.15) is 26.3 Å². The van der Waals surface area contributed by atoms with Crippen molar-refractivity contribution >= 4 is 23.5 Å². The van der Waals surface area contributed by atoms with Gasteiger partial charge in [0.1, 0.15) is 11.5 Å². The Morgan fingerprint density at radius 2 is 1.69 bits per heavy atom. The van der Waals surface area contributed by atoms with Crippen molar-refractivity contribution in [1.82, 2.24) is 0 Å². The summed E-state index contributed by atoms with van der Waals surface area (Å²) in [6, 6.07) is 12.8. The molecule has 0 spiro atoms. The van der Waals surface area contributed by atoms with Crippen molar-refractivity contribution in [2.45, 2.75) is 0 Å².